The first-order chi connectivity index (χ1) is 18.9. The van der Waals surface area contributed by atoms with E-state index < -0.39 is 0 Å². The Morgan fingerprint density at radius 2 is 1.64 bits per heavy atom. The van der Waals surface area contributed by atoms with Gasteiger partial charge in [0.2, 0.25) is 5.82 Å². The zero-order valence-corrected chi connectivity index (χ0v) is 22.5. The van der Waals surface area contributed by atoms with Gasteiger partial charge in [0.1, 0.15) is 0 Å². The lowest BCUT2D eigenvalue weighted by Crippen LogP contribution is -2.26. The predicted molar refractivity (Wildman–Crippen MR) is 151 cm³/mol. The highest BCUT2D eigenvalue weighted by Crippen LogP contribution is 2.29. The second-order valence-electron chi connectivity index (χ2n) is 9.63. The molecule has 0 saturated heterocycles. The first kappa shape index (κ1) is 27.6. The SMILES string of the molecule is CCOC(=O)CCNC(=O)c1ccc(NC(CC(C)C)c2ccc(-c3noc(-c4ccccc4)n3)cc2)cc1. The van der Waals surface area contributed by atoms with Crippen LogP contribution in [-0.4, -0.2) is 35.2 Å². The van der Waals surface area contributed by atoms with Gasteiger partial charge in [-0.2, -0.15) is 4.98 Å². The van der Waals surface area contributed by atoms with Crippen LogP contribution in [0.4, 0.5) is 5.69 Å². The maximum atomic E-state index is 12.4. The normalized spacial score (nSPS) is 11.7. The second-order valence-corrected chi connectivity index (χ2v) is 9.63. The van der Waals surface area contributed by atoms with E-state index in [0.717, 1.165) is 28.8 Å². The maximum Gasteiger partial charge on any atom is 0.307 e. The minimum absolute atomic E-state index is 0.0773. The zero-order chi connectivity index (χ0) is 27.6. The molecule has 0 radical (unpaired) electrons. The van der Waals surface area contributed by atoms with E-state index >= 15 is 0 Å². The largest absolute Gasteiger partial charge is 0.466 e. The molecule has 4 aromatic rings. The molecule has 1 amide bonds. The average molecular weight is 527 g/mol. The van der Waals surface area contributed by atoms with E-state index in [4.69, 9.17) is 9.26 Å². The van der Waals surface area contributed by atoms with Crippen LogP contribution in [0.3, 0.4) is 0 Å². The Labute approximate surface area is 228 Å². The molecule has 1 aromatic heterocycles. The van der Waals surface area contributed by atoms with Gasteiger partial charge < -0.3 is 19.9 Å². The zero-order valence-electron chi connectivity index (χ0n) is 22.5. The molecule has 8 heteroatoms. The minimum atomic E-state index is -0.323. The number of nitrogens with one attached hydrogen (secondary N) is 2. The van der Waals surface area contributed by atoms with Crippen LogP contribution in [0.5, 0.6) is 0 Å². The van der Waals surface area contributed by atoms with Crippen molar-refractivity contribution in [2.24, 2.45) is 5.92 Å². The van der Waals surface area contributed by atoms with Crippen LogP contribution in [0.25, 0.3) is 22.8 Å². The van der Waals surface area contributed by atoms with Gasteiger partial charge in [-0.25, -0.2) is 0 Å². The summed E-state index contributed by atoms with van der Waals surface area (Å²) in [5, 5.41) is 10.5. The number of ether oxygens (including phenoxy) is 1. The molecular formula is C31H34N4O4. The van der Waals surface area contributed by atoms with Crippen LogP contribution < -0.4 is 10.6 Å². The summed E-state index contributed by atoms with van der Waals surface area (Å²) in [6.07, 6.45) is 1.08. The average Bonchev–Trinajstić information content (AvgIpc) is 3.44. The van der Waals surface area contributed by atoms with Crippen molar-refractivity contribution in [2.75, 3.05) is 18.5 Å². The Bertz CT molecular complexity index is 1350. The standard InChI is InChI=1S/C31H34N4O4/c1-4-38-28(36)18-19-32-30(37)24-14-16-26(17-15-24)33-27(20-21(2)3)22-10-12-23(13-11-22)29-34-31(39-35-29)25-8-6-5-7-9-25/h5-17,21,27,33H,4,18-20H2,1-3H3,(H,32,37). The van der Waals surface area contributed by atoms with Crippen molar-refractivity contribution in [3.63, 3.8) is 0 Å². The molecule has 0 bridgehead atoms. The molecule has 2 N–H and O–H groups in total. The summed E-state index contributed by atoms with van der Waals surface area (Å²) < 4.78 is 10.3. The molecular weight excluding hydrogens is 492 g/mol. The Balaban J connectivity index is 1.40. The van der Waals surface area contributed by atoms with Crippen molar-refractivity contribution in [1.82, 2.24) is 15.5 Å². The van der Waals surface area contributed by atoms with Gasteiger partial charge in [0, 0.05) is 28.9 Å². The third-order valence-electron chi connectivity index (χ3n) is 6.13. The number of hydrogen-bond donors (Lipinski definition) is 2. The third-order valence-corrected chi connectivity index (χ3v) is 6.13. The Morgan fingerprint density at radius 3 is 2.31 bits per heavy atom. The molecule has 0 aliphatic heterocycles. The molecule has 0 spiro atoms. The summed E-state index contributed by atoms with van der Waals surface area (Å²) >= 11 is 0. The van der Waals surface area contributed by atoms with Crippen LogP contribution >= 0.6 is 0 Å². The van der Waals surface area contributed by atoms with E-state index in [2.05, 4.69) is 46.8 Å². The van der Waals surface area contributed by atoms with Crippen LogP contribution in [0.1, 0.15) is 55.6 Å². The molecule has 1 atom stereocenters. The first-order valence-electron chi connectivity index (χ1n) is 13.2. The van der Waals surface area contributed by atoms with Crippen molar-refractivity contribution in [1.29, 1.82) is 0 Å². The minimum Gasteiger partial charge on any atom is -0.466 e. The summed E-state index contributed by atoms with van der Waals surface area (Å²) in [5.41, 5.74) is 4.35. The summed E-state index contributed by atoms with van der Waals surface area (Å²) in [7, 11) is 0. The molecule has 39 heavy (non-hydrogen) atoms. The van der Waals surface area contributed by atoms with E-state index in [1.54, 1.807) is 19.1 Å². The molecule has 0 aliphatic carbocycles. The van der Waals surface area contributed by atoms with Crippen LogP contribution in [-0.2, 0) is 9.53 Å². The summed E-state index contributed by atoms with van der Waals surface area (Å²) in [4.78, 5) is 28.4. The third kappa shape index (κ3) is 7.77. The number of nitrogens with zero attached hydrogens (tertiary/aromatic N) is 2. The fourth-order valence-corrected chi connectivity index (χ4v) is 4.19. The number of anilines is 1. The molecule has 4 rings (SSSR count). The number of hydrogen-bond acceptors (Lipinski definition) is 7. The fraction of sp³-hybridized carbons (Fsp3) is 0.290. The fourth-order valence-electron chi connectivity index (χ4n) is 4.19. The van der Waals surface area contributed by atoms with Gasteiger partial charge in [-0.1, -0.05) is 61.5 Å². The van der Waals surface area contributed by atoms with Crippen molar-refractivity contribution < 1.29 is 18.8 Å². The number of rotatable bonds is 12. The molecule has 1 heterocycles. The molecule has 0 aliphatic rings. The number of aromatic nitrogens is 2. The van der Waals surface area contributed by atoms with Crippen molar-refractivity contribution >= 4 is 17.6 Å². The van der Waals surface area contributed by atoms with Gasteiger partial charge in [-0.05, 0) is 61.2 Å². The van der Waals surface area contributed by atoms with E-state index in [1.165, 1.54) is 0 Å². The highest BCUT2D eigenvalue weighted by Gasteiger charge is 2.16. The topological polar surface area (TPSA) is 106 Å². The van der Waals surface area contributed by atoms with Crippen LogP contribution in [0.15, 0.2) is 83.4 Å². The molecule has 0 fully saturated rings. The number of carbonyl (C=O) groups is 2. The van der Waals surface area contributed by atoms with Gasteiger partial charge in [0.05, 0.1) is 19.1 Å². The number of benzene rings is 3. The summed E-state index contributed by atoms with van der Waals surface area (Å²) in [6.45, 7) is 6.71. The number of carbonyl (C=O) groups excluding carboxylic acids is 2. The summed E-state index contributed by atoms with van der Waals surface area (Å²) in [6, 6.07) is 25.3. The second kappa shape index (κ2) is 13.4. The maximum absolute atomic E-state index is 12.4. The quantitative estimate of drug-likeness (QED) is 0.209. The highest BCUT2D eigenvalue weighted by molar-refractivity contribution is 5.94. The number of amides is 1. The summed E-state index contributed by atoms with van der Waals surface area (Å²) in [5.74, 6) is 0.958. The van der Waals surface area contributed by atoms with Gasteiger partial charge in [0.15, 0.2) is 0 Å². The lowest BCUT2D eigenvalue weighted by molar-refractivity contribution is -0.142. The smallest absolute Gasteiger partial charge is 0.307 e. The number of esters is 1. The Hall–Kier alpha value is -4.46. The van der Waals surface area contributed by atoms with E-state index in [9.17, 15) is 9.59 Å². The lowest BCUT2D eigenvalue weighted by Gasteiger charge is -2.22. The van der Waals surface area contributed by atoms with E-state index in [0.29, 0.717) is 29.8 Å². The van der Waals surface area contributed by atoms with Gasteiger partial charge in [-0.15, -0.1) is 0 Å². The van der Waals surface area contributed by atoms with Crippen molar-refractivity contribution in [3.05, 3.63) is 90.0 Å². The first-order valence-corrected chi connectivity index (χ1v) is 13.2. The molecule has 3 aromatic carbocycles. The predicted octanol–water partition coefficient (Wildman–Crippen LogP) is 6.29. The highest BCUT2D eigenvalue weighted by atomic mass is 16.5. The molecule has 202 valence electrons. The Morgan fingerprint density at radius 1 is 0.923 bits per heavy atom. The van der Waals surface area contributed by atoms with Gasteiger partial charge >= 0.3 is 5.97 Å². The van der Waals surface area contributed by atoms with Crippen molar-refractivity contribution in [3.8, 4) is 22.8 Å². The van der Waals surface area contributed by atoms with E-state index in [-0.39, 0.29) is 30.9 Å². The van der Waals surface area contributed by atoms with Crippen LogP contribution in [0.2, 0.25) is 0 Å². The molecule has 8 nitrogen and oxygen atoms in total. The molecule has 0 saturated carbocycles. The molecule has 1 unspecified atom stereocenters. The van der Waals surface area contributed by atoms with Crippen molar-refractivity contribution in [2.45, 2.75) is 39.7 Å². The Kier molecular flexibility index (Phi) is 9.45. The lowest BCUT2D eigenvalue weighted by atomic mass is 9.95. The van der Waals surface area contributed by atoms with E-state index in [1.807, 2.05) is 54.6 Å². The van der Waals surface area contributed by atoms with Gasteiger partial charge in [0.25, 0.3) is 11.8 Å². The van der Waals surface area contributed by atoms with Gasteiger partial charge in [-0.3, -0.25) is 9.59 Å². The monoisotopic (exact) mass is 526 g/mol. The van der Waals surface area contributed by atoms with Crippen LogP contribution in [0, 0.1) is 5.92 Å².